The van der Waals surface area contributed by atoms with Gasteiger partial charge in [-0.25, -0.2) is 0 Å². The molecule has 0 aliphatic heterocycles. The van der Waals surface area contributed by atoms with Crippen LogP contribution < -0.4 is 9.80 Å². The van der Waals surface area contributed by atoms with Crippen LogP contribution in [0.2, 0.25) is 0 Å². The van der Waals surface area contributed by atoms with E-state index >= 15 is 0 Å². The van der Waals surface area contributed by atoms with E-state index in [1.165, 1.54) is 99.8 Å². The molecule has 90 heavy (non-hydrogen) atoms. The van der Waals surface area contributed by atoms with Crippen LogP contribution in [0, 0.1) is 0 Å². The first kappa shape index (κ1) is 52.7. The van der Waals surface area contributed by atoms with Crippen LogP contribution >= 0.6 is 0 Å². The largest absolute Gasteiger partial charge is 0.310 e. The number of fused-ring (bicyclic) bond motifs is 9. The zero-order valence-electron chi connectivity index (χ0n) is 49.5. The molecule has 422 valence electrons. The molecule has 15 aromatic carbocycles. The Morgan fingerprint density at radius 3 is 0.989 bits per heavy atom. The van der Waals surface area contributed by atoms with Gasteiger partial charge in [0.1, 0.15) is 0 Å². The Hall–Kier alpha value is -11.6. The van der Waals surface area contributed by atoms with E-state index in [4.69, 9.17) is 0 Å². The van der Waals surface area contributed by atoms with Crippen molar-refractivity contribution < 1.29 is 0 Å². The SMILES string of the molecule is c1ccc(-c2ccc3c(c2)C(c2ccccc2)(c2ccccc2)c2cc(N(c4ccccc4)c4cc(N(c5ccccc5)c5ccc6c(c5)C(c5ccccc5)(c5ccccc5)c5cc(-c7ccccc7)ccc5-6)c5ccc6ccccc6c5c4)ccc2-3)cc1. The third-order valence-electron chi connectivity index (χ3n) is 19.2. The number of hydrogen-bond donors (Lipinski definition) is 0. The fourth-order valence-corrected chi connectivity index (χ4v) is 15.3. The van der Waals surface area contributed by atoms with Crippen LogP contribution in [0.1, 0.15) is 44.5 Å². The molecular weight excluding hydrogens is 1080 g/mol. The van der Waals surface area contributed by atoms with Crippen LogP contribution in [0.15, 0.2) is 364 Å². The van der Waals surface area contributed by atoms with Crippen LogP contribution in [0.4, 0.5) is 34.1 Å². The minimum absolute atomic E-state index is 0.656. The van der Waals surface area contributed by atoms with E-state index in [9.17, 15) is 0 Å². The molecule has 0 saturated heterocycles. The number of para-hydroxylation sites is 2. The van der Waals surface area contributed by atoms with Crippen molar-refractivity contribution in [3.8, 4) is 44.5 Å². The minimum Gasteiger partial charge on any atom is -0.310 e. The molecule has 0 atom stereocenters. The lowest BCUT2D eigenvalue weighted by atomic mass is 9.67. The van der Waals surface area contributed by atoms with Crippen LogP contribution in [-0.2, 0) is 10.8 Å². The summed E-state index contributed by atoms with van der Waals surface area (Å²) in [4.78, 5) is 5.01. The summed E-state index contributed by atoms with van der Waals surface area (Å²) in [6.07, 6.45) is 0. The first-order valence-corrected chi connectivity index (χ1v) is 31.2. The van der Waals surface area contributed by atoms with Crippen molar-refractivity contribution >= 4 is 55.7 Å². The summed E-state index contributed by atoms with van der Waals surface area (Å²) in [7, 11) is 0. The van der Waals surface area contributed by atoms with Crippen molar-refractivity contribution in [2.45, 2.75) is 10.8 Å². The molecule has 0 aromatic heterocycles. The lowest BCUT2D eigenvalue weighted by Gasteiger charge is -2.36. The second-order valence-electron chi connectivity index (χ2n) is 23.9. The molecule has 0 spiro atoms. The van der Waals surface area contributed by atoms with E-state index in [0.717, 1.165) is 44.9 Å². The summed E-state index contributed by atoms with van der Waals surface area (Å²) in [5.41, 5.74) is 24.7. The molecular formula is C88H60N2. The Bertz CT molecular complexity index is 5070. The molecule has 0 saturated carbocycles. The molecule has 2 aliphatic carbocycles. The number of benzene rings is 15. The van der Waals surface area contributed by atoms with E-state index in [0.29, 0.717) is 0 Å². The van der Waals surface area contributed by atoms with Crippen molar-refractivity contribution in [3.63, 3.8) is 0 Å². The highest BCUT2D eigenvalue weighted by Crippen LogP contribution is 2.61. The van der Waals surface area contributed by atoms with Crippen LogP contribution in [0.3, 0.4) is 0 Å². The van der Waals surface area contributed by atoms with Gasteiger partial charge in [-0.2, -0.15) is 0 Å². The van der Waals surface area contributed by atoms with E-state index in [2.05, 4.69) is 374 Å². The molecule has 2 nitrogen and oxygen atoms in total. The summed E-state index contributed by atoms with van der Waals surface area (Å²) < 4.78 is 0. The van der Waals surface area contributed by atoms with Gasteiger partial charge in [-0.05, 0) is 178 Å². The molecule has 0 radical (unpaired) electrons. The maximum Gasteiger partial charge on any atom is 0.0714 e. The summed E-state index contributed by atoms with van der Waals surface area (Å²) >= 11 is 0. The second kappa shape index (κ2) is 21.7. The molecule has 15 aromatic rings. The summed E-state index contributed by atoms with van der Waals surface area (Å²) in [6, 6.07) is 135. The van der Waals surface area contributed by atoms with Gasteiger partial charge in [0.05, 0.1) is 16.5 Å². The van der Waals surface area contributed by atoms with Crippen LogP contribution in [0.5, 0.6) is 0 Å². The fraction of sp³-hybridized carbons (Fsp3) is 0.0227. The third kappa shape index (κ3) is 8.33. The quantitative estimate of drug-likeness (QED) is 0.113. The number of hydrogen-bond acceptors (Lipinski definition) is 2. The monoisotopic (exact) mass is 1140 g/mol. The molecule has 2 heteroatoms. The maximum atomic E-state index is 2.52. The average Bonchev–Trinajstić information content (AvgIpc) is 1.53. The Morgan fingerprint density at radius 1 is 0.189 bits per heavy atom. The molecule has 0 N–H and O–H groups in total. The predicted octanol–water partition coefficient (Wildman–Crippen LogP) is 23.0. The molecule has 0 amide bonds. The predicted molar refractivity (Wildman–Crippen MR) is 376 cm³/mol. The Labute approximate surface area is 526 Å². The lowest BCUT2D eigenvalue weighted by molar-refractivity contribution is 0.768. The van der Waals surface area contributed by atoms with E-state index < -0.39 is 10.8 Å². The smallest absolute Gasteiger partial charge is 0.0714 e. The highest BCUT2D eigenvalue weighted by molar-refractivity contribution is 6.15. The van der Waals surface area contributed by atoms with Crippen LogP contribution in [-0.4, -0.2) is 0 Å². The third-order valence-corrected chi connectivity index (χ3v) is 19.2. The van der Waals surface area contributed by atoms with Gasteiger partial charge in [0.2, 0.25) is 0 Å². The average molecular weight is 1150 g/mol. The maximum absolute atomic E-state index is 2.52. The van der Waals surface area contributed by atoms with Crippen molar-refractivity contribution in [2.24, 2.45) is 0 Å². The standard InChI is InChI=1S/C88H60N2/c1-9-27-61(28-10-1)64-46-50-76-78-53-48-72(58-84(78)87(82(76)55-64,66-32-13-3-14-33-66)67-34-15-4-16-35-67)89(70-40-21-7-22-41-70)74-57-81-75-44-26-25-31-63(75)45-52-80(81)86(60-74)90(71-42-23-8-24-43-71)73-49-54-79-77-51-47-65(62-29-11-2-12-30-62)56-83(77)88(85(79)59-73,68-36-17-5-18-37-68)69-38-19-6-20-39-69/h1-60H. The van der Waals surface area contributed by atoms with Crippen LogP contribution in [0.25, 0.3) is 66.1 Å². The first-order chi connectivity index (χ1) is 44.6. The summed E-state index contributed by atoms with van der Waals surface area (Å²) in [5, 5.41) is 4.69. The van der Waals surface area contributed by atoms with Crippen molar-refractivity contribution in [3.05, 3.63) is 408 Å². The highest BCUT2D eigenvalue weighted by atomic mass is 15.2. The molecule has 0 unspecified atom stereocenters. The highest BCUT2D eigenvalue weighted by Gasteiger charge is 2.48. The molecule has 0 fully saturated rings. The second-order valence-corrected chi connectivity index (χ2v) is 23.9. The molecule has 0 heterocycles. The van der Waals surface area contributed by atoms with Gasteiger partial charge in [0.25, 0.3) is 0 Å². The van der Waals surface area contributed by atoms with Crippen molar-refractivity contribution in [1.82, 2.24) is 0 Å². The van der Waals surface area contributed by atoms with E-state index in [1.807, 2.05) is 0 Å². The molecule has 0 bridgehead atoms. The van der Waals surface area contributed by atoms with Gasteiger partial charge in [-0.1, -0.05) is 291 Å². The van der Waals surface area contributed by atoms with E-state index in [1.54, 1.807) is 0 Å². The van der Waals surface area contributed by atoms with Gasteiger partial charge in [0, 0.05) is 33.8 Å². The van der Waals surface area contributed by atoms with Gasteiger partial charge in [-0.3, -0.25) is 0 Å². The van der Waals surface area contributed by atoms with E-state index in [-0.39, 0.29) is 0 Å². The first-order valence-electron chi connectivity index (χ1n) is 31.2. The summed E-state index contributed by atoms with van der Waals surface area (Å²) in [6.45, 7) is 0. The number of anilines is 6. The Balaban J connectivity index is 0.923. The number of rotatable bonds is 12. The van der Waals surface area contributed by atoms with Gasteiger partial charge >= 0.3 is 0 Å². The van der Waals surface area contributed by atoms with Crippen molar-refractivity contribution in [2.75, 3.05) is 9.80 Å². The number of nitrogens with zero attached hydrogens (tertiary/aromatic N) is 2. The fourth-order valence-electron chi connectivity index (χ4n) is 15.3. The van der Waals surface area contributed by atoms with Gasteiger partial charge < -0.3 is 9.80 Å². The topological polar surface area (TPSA) is 6.48 Å². The summed E-state index contributed by atoms with van der Waals surface area (Å²) in [5.74, 6) is 0. The molecule has 17 rings (SSSR count). The van der Waals surface area contributed by atoms with Gasteiger partial charge in [0.15, 0.2) is 0 Å². The minimum atomic E-state index is -0.661. The Kier molecular flexibility index (Phi) is 12.7. The van der Waals surface area contributed by atoms with Crippen molar-refractivity contribution in [1.29, 1.82) is 0 Å². The Morgan fingerprint density at radius 2 is 0.544 bits per heavy atom. The molecule has 2 aliphatic rings. The normalized spacial score (nSPS) is 13.1. The lowest BCUT2D eigenvalue weighted by Crippen LogP contribution is -2.29. The zero-order valence-corrected chi connectivity index (χ0v) is 49.5. The zero-order chi connectivity index (χ0) is 59.6. The van der Waals surface area contributed by atoms with Gasteiger partial charge in [-0.15, -0.1) is 0 Å².